The molecule has 1 atom stereocenters. The summed E-state index contributed by atoms with van der Waals surface area (Å²) in [5.41, 5.74) is 3.73. The van der Waals surface area contributed by atoms with Crippen molar-refractivity contribution in [2.75, 3.05) is 25.0 Å². The van der Waals surface area contributed by atoms with Crippen LogP contribution in [-0.2, 0) is 23.2 Å². The minimum absolute atomic E-state index is 0.0881. The zero-order valence-electron chi connectivity index (χ0n) is 14.9. The number of fused-ring (bicyclic) bond motifs is 1. The SMILES string of the molecule is Cc1nc([C@@]2(C)CCCN(Cc3cncs3)C2)nc2c1CC(=O)N2C. The molecule has 6 nitrogen and oxygen atoms in total. The summed E-state index contributed by atoms with van der Waals surface area (Å²) in [4.78, 5) is 31.3. The molecule has 25 heavy (non-hydrogen) atoms. The van der Waals surface area contributed by atoms with Crippen molar-refractivity contribution in [2.45, 2.75) is 45.1 Å². The first-order valence-corrected chi connectivity index (χ1v) is 9.58. The van der Waals surface area contributed by atoms with E-state index < -0.39 is 0 Å². The minimum Gasteiger partial charge on any atom is -0.299 e. The van der Waals surface area contributed by atoms with E-state index in [0.29, 0.717) is 6.42 Å². The maximum atomic E-state index is 12.0. The fourth-order valence-electron chi connectivity index (χ4n) is 3.93. The first kappa shape index (κ1) is 16.6. The zero-order valence-corrected chi connectivity index (χ0v) is 15.8. The number of aromatic nitrogens is 3. The van der Waals surface area contributed by atoms with Crippen LogP contribution in [0.3, 0.4) is 0 Å². The summed E-state index contributed by atoms with van der Waals surface area (Å²) < 4.78 is 0. The molecular formula is C18H23N5OS. The van der Waals surface area contributed by atoms with Gasteiger partial charge in [0.1, 0.15) is 11.6 Å². The average Bonchev–Trinajstić information content (AvgIpc) is 3.18. The molecule has 2 aromatic rings. The first-order chi connectivity index (χ1) is 12.0. The molecule has 4 heterocycles. The smallest absolute Gasteiger partial charge is 0.232 e. The third kappa shape index (κ3) is 2.95. The summed E-state index contributed by atoms with van der Waals surface area (Å²) in [6.45, 7) is 7.21. The molecule has 4 rings (SSSR count). The van der Waals surface area contributed by atoms with Gasteiger partial charge in [0.05, 0.1) is 11.9 Å². The highest BCUT2D eigenvalue weighted by Gasteiger charge is 2.38. The number of thiazole rings is 1. The van der Waals surface area contributed by atoms with Crippen LogP contribution >= 0.6 is 11.3 Å². The van der Waals surface area contributed by atoms with E-state index in [9.17, 15) is 4.79 Å². The van der Waals surface area contributed by atoms with Gasteiger partial charge >= 0.3 is 0 Å². The molecule has 2 aliphatic heterocycles. The molecule has 0 aromatic carbocycles. The van der Waals surface area contributed by atoms with Crippen LogP contribution in [-0.4, -0.2) is 45.9 Å². The van der Waals surface area contributed by atoms with Gasteiger partial charge in [-0.3, -0.25) is 19.6 Å². The number of amides is 1. The number of carbonyl (C=O) groups excluding carboxylic acids is 1. The van der Waals surface area contributed by atoms with Crippen molar-refractivity contribution in [3.05, 3.63) is 33.7 Å². The van der Waals surface area contributed by atoms with Crippen LogP contribution in [0.1, 0.15) is 41.7 Å². The van der Waals surface area contributed by atoms with Crippen LogP contribution in [0.2, 0.25) is 0 Å². The van der Waals surface area contributed by atoms with Crippen molar-refractivity contribution < 1.29 is 4.79 Å². The number of rotatable bonds is 3. The molecule has 0 unspecified atom stereocenters. The van der Waals surface area contributed by atoms with Gasteiger partial charge in [-0.25, -0.2) is 9.97 Å². The van der Waals surface area contributed by atoms with E-state index in [1.54, 1.807) is 16.2 Å². The molecule has 7 heteroatoms. The van der Waals surface area contributed by atoms with Gasteiger partial charge in [0.15, 0.2) is 0 Å². The maximum absolute atomic E-state index is 12.0. The highest BCUT2D eigenvalue weighted by molar-refractivity contribution is 7.09. The van der Waals surface area contributed by atoms with Crippen LogP contribution in [0.5, 0.6) is 0 Å². The predicted molar refractivity (Wildman–Crippen MR) is 97.9 cm³/mol. The van der Waals surface area contributed by atoms with Crippen LogP contribution in [0.4, 0.5) is 5.82 Å². The molecule has 132 valence electrons. The molecule has 0 radical (unpaired) electrons. The molecule has 0 N–H and O–H groups in total. The topological polar surface area (TPSA) is 62.2 Å². The predicted octanol–water partition coefficient (Wildman–Crippen LogP) is 2.31. The van der Waals surface area contributed by atoms with Crippen LogP contribution in [0.25, 0.3) is 0 Å². The Morgan fingerprint density at radius 2 is 2.20 bits per heavy atom. The van der Waals surface area contributed by atoms with Gasteiger partial charge in [-0.2, -0.15) is 0 Å². The van der Waals surface area contributed by atoms with E-state index in [0.717, 1.165) is 55.4 Å². The maximum Gasteiger partial charge on any atom is 0.232 e. The Bertz CT molecular complexity index is 806. The number of anilines is 1. The summed E-state index contributed by atoms with van der Waals surface area (Å²) in [7, 11) is 1.81. The third-order valence-electron chi connectivity index (χ3n) is 5.39. The molecule has 1 saturated heterocycles. The van der Waals surface area contributed by atoms with E-state index in [-0.39, 0.29) is 11.3 Å². The second-order valence-corrected chi connectivity index (χ2v) is 8.38. The third-order valence-corrected chi connectivity index (χ3v) is 6.15. The van der Waals surface area contributed by atoms with E-state index in [1.807, 2.05) is 25.7 Å². The van der Waals surface area contributed by atoms with Crippen molar-refractivity contribution in [3.63, 3.8) is 0 Å². The zero-order chi connectivity index (χ0) is 17.6. The van der Waals surface area contributed by atoms with Crippen molar-refractivity contribution in [1.82, 2.24) is 19.9 Å². The average molecular weight is 357 g/mol. The van der Waals surface area contributed by atoms with E-state index >= 15 is 0 Å². The van der Waals surface area contributed by atoms with Gasteiger partial charge in [-0.05, 0) is 26.3 Å². The molecule has 2 aromatic heterocycles. The number of aryl methyl sites for hydroxylation is 1. The monoisotopic (exact) mass is 357 g/mol. The van der Waals surface area contributed by atoms with Crippen molar-refractivity contribution >= 4 is 23.1 Å². The van der Waals surface area contributed by atoms with Gasteiger partial charge in [0.2, 0.25) is 5.91 Å². The Morgan fingerprint density at radius 1 is 1.36 bits per heavy atom. The van der Waals surface area contributed by atoms with Crippen LogP contribution < -0.4 is 4.90 Å². The second-order valence-electron chi connectivity index (χ2n) is 7.41. The van der Waals surface area contributed by atoms with E-state index in [1.165, 1.54) is 4.88 Å². The fourth-order valence-corrected chi connectivity index (χ4v) is 4.56. The fraction of sp³-hybridized carbons (Fsp3) is 0.556. The largest absolute Gasteiger partial charge is 0.299 e. The lowest BCUT2D eigenvalue weighted by atomic mass is 9.80. The number of likely N-dealkylation sites (tertiary alicyclic amines) is 1. The molecule has 2 aliphatic rings. The first-order valence-electron chi connectivity index (χ1n) is 8.70. The van der Waals surface area contributed by atoms with E-state index in [4.69, 9.17) is 9.97 Å². The number of hydrogen-bond donors (Lipinski definition) is 0. The second kappa shape index (κ2) is 6.14. The summed E-state index contributed by atoms with van der Waals surface area (Å²) >= 11 is 1.70. The van der Waals surface area contributed by atoms with Gasteiger partial charge < -0.3 is 0 Å². The molecule has 0 saturated carbocycles. The summed E-state index contributed by atoms with van der Waals surface area (Å²) in [6.07, 6.45) is 4.57. The number of hydrogen-bond acceptors (Lipinski definition) is 6. The van der Waals surface area contributed by atoms with Gasteiger partial charge in [-0.1, -0.05) is 6.92 Å². The highest BCUT2D eigenvalue weighted by Crippen LogP contribution is 2.36. The summed E-state index contributed by atoms with van der Waals surface area (Å²) in [5.74, 6) is 1.78. The lowest BCUT2D eigenvalue weighted by Gasteiger charge is -2.39. The quantitative estimate of drug-likeness (QED) is 0.844. The normalized spacial score (nSPS) is 24.0. The lowest BCUT2D eigenvalue weighted by molar-refractivity contribution is -0.117. The minimum atomic E-state index is -0.0881. The van der Waals surface area contributed by atoms with Crippen molar-refractivity contribution in [1.29, 1.82) is 0 Å². The van der Waals surface area contributed by atoms with E-state index in [2.05, 4.69) is 16.8 Å². The van der Waals surface area contributed by atoms with Crippen LogP contribution in [0.15, 0.2) is 11.7 Å². The Balaban J connectivity index is 1.62. The molecule has 0 spiro atoms. The van der Waals surface area contributed by atoms with Crippen LogP contribution in [0, 0.1) is 6.92 Å². The molecule has 0 aliphatic carbocycles. The van der Waals surface area contributed by atoms with Crippen molar-refractivity contribution in [3.8, 4) is 0 Å². The van der Waals surface area contributed by atoms with Crippen molar-refractivity contribution in [2.24, 2.45) is 0 Å². The molecular weight excluding hydrogens is 334 g/mol. The Hall–Kier alpha value is -1.86. The Kier molecular flexibility index (Phi) is 4.08. The summed E-state index contributed by atoms with van der Waals surface area (Å²) in [6, 6.07) is 0. The van der Waals surface area contributed by atoms with Gasteiger partial charge in [-0.15, -0.1) is 11.3 Å². The number of likely N-dealkylation sites (N-methyl/N-ethyl adjacent to an activating group) is 1. The van der Waals surface area contributed by atoms with Gasteiger partial charge in [0, 0.05) is 47.9 Å². The standard InChI is InChI=1S/C18H23N5OS/c1-12-14-7-15(24)22(3)16(14)21-17(20-12)18(2)5-4-6-23(10-18)9-13-8-19-11-25-13/h8,11H,4-7,9-10H2,1-3H3/t18-/m0/s1. The number of piperidine rings is 1. The Morgan fingerprint density at radius 3 is 2.96 bits per heavy atom. The molecule has 0 bridgehead atoms. The lowest BCUT2D eigenvalue weighted by Crippen LogP contribution is -2.45. The number of nitrogens with zero attached hydrogens (tertiary/aromatic N) is 5. The molecule has 1 amide bonds. The number of carbonyl (C=O) groups is 1. The highest BCUT2D eigenvalue weighted by atomic mass is 32.1. The van der Waals surface area contributed by atoms with Gasteiger partial charge in [0.25, 0.3) is 0 Å². The molecule has 1 fully saturated rings. The summed E-state index contributed by atoms with van der Waals surface area (Å²) in [5, 5.41) is 0. The Labute approximate surface area is 151 Å².